The van der Waals surface area contributed by atoms with E-state index in [1.165, 1.54) is 7.11 Å². The number of nitrogens with one attached hydrogen (secondary N) is 2. The molecule has 0 bridgehead atoms. The van der Waals surface area contributed by atoms with E-state index in [0.717, 1.165) is 0 Å². The lowest BCUT2D eigenvalue weighted by Crippen LogP contribution is -2.37. The number of rotatable bonds is 6. The molecule has 3 N–H and O–H groups in total. The van der Waals surface area contributed by atoms with Gasteiger partial charge in [-0.2, -0.15) is 0 Å². The van der Waals surface area contributed by atoms with Gasteiger partial charge in [0.15, 0.2) is 0 Å². The maximum absolute atomic E-state index is 11.8. The summed E-state index contributed by atoms with van der Waals surface area (Å²) in [6.45, 7) is 3.62. The van der Waals surface area contributed by atoms with Gasteiger partial charge in [0.1, 0.15) is 5.75 Å². The Hall–Kier alpha value is -1.95. The monoisotopic (exact) mass is 314 g/mol. The smallest absolute Gasteiger partial charge is 0.319 e. The van der Waals surface area contributed by atoms with E-state index >= 15 is 0 Å². The first-order valence-corrected chi connectivity index (χ1v) is 6.84. The van der Waals surface area contributed by atoms with Crippen molar-refractivity contribution in [1.29, 1.82) is 0 Å². The second-order valence-corrected chi connectivity index (χ2v) is 5.30. The fourth-order valence-corrected chi connectivity index (χ4v) is 1.93. The van der Waals surface area contributed by atoms with Crippen LogP contribution in [0.2, 0.25) is 5.02 Å². The fraction of sp³-hybridized carbons (Fsp3) is 0.429. The maximum Gasteiger partial charge on any atom is 0.319 e. The zero-order valence-electron chi connectivity index (χ0n) is 12.1. The van der Waals surface area contributed by atoms with Crippen LogP contribution in [-0.4, -0.2) is 30.8 Å². The number of hydrogen-bond donors (Lipinski definition) is 3. The molecule has 1 aromatic rings. The highest BCUT2D eigenvalue weighted by Crippen LogP contribution is 2.27. The molecule has 1 atom stereocenters. The van der Waals surface area contributed by atoms with E-state index in [-0.39, 0.29) is 12.5 Å². The Bertz CT molecular complexity index is 520. The highest BCUT2D eigenvalue weighted by atomic mass is 35.5. The summed E-state index contributed by atoms with van der Waals surface area (Å²) < 4.78 is 5.11. The lowest BCUT2D eigenvalue weighted by Gasteiger charge is -2.17. The number of halogens is 1. The van der Waals surface area contributed by atoms with E-state index in [1.807, 2.05) is 0 Å². The largest absolute Gasteiger partial charge is 0.495 e. The summed E-state index contributed by atoms with van der Waals surface area (Å²) in [4.78, 5) is 22.9. The van der Waals surface area contributed by atoms with Gasteiger partial charge in [0.2, 0.25) is 0 Å². The first kappa shape index (κ1) is 17.1. The van der Waals surface area contributed by atoms with Gasteiger partial charge in [-0.15, -0.1) is 0 Å². The van der Waals surface area contributed by atoms with Crippen molar-refractivity contribution in [1.82, 2.24) is 5.32 Å². The Labute approximate surface area is 128 Å². The Kier molecular flexibility index (Phi) is 6.30. The standard InChI is InChI=1S/C14H19ClN2O4/c1-8(2)10(13(18)19)7-16-14(20)17-11-6-9(15)4-5-12(11)21-3/h4-6,8,10H,7H2,1-3H3,(H,18,19)(H2,16,17,20). The molecule has 0 heterocycles. The van der Waals surface area contributed by atoms with Gasteiger partial charge in [-0.3, -0.25) is 4.79 Å². The van der Waals surface area contributed by atoms with Crippen LogP contribution in [0.3, 0.4) is 0 Å². The normalized spacial score (nSPS) is 11.9. The summed E-state index contributed by atoms with van der Waals surface area (Å²) in [6, 6.07) is 4.31. The number of methoxy groups -OCH3 is 1. The van der Waals surface area contributed by atoms with Gasteiger partial charge in [-0.25, -0.2) is 4.79 Å². The van der Waals surface area contributed by atoms with E-state index in [2.05, 4.69) is 10.6 Å². The molecule has 116 valence electrons. The van der Waals surface area contributed by atoms with E-state index in [0.29, 0.717) is 16.5 Å². The summed E-state index contributed by atoms with van der Waals surface area (Å²) in [7, 11) is 1.48. The van der Waals surface area contributed by atoms with Gasteiger partial charge in [-0.1, -0.05) is 25.4 Å². The lowest BCUT2D eigenvalue weighted by molar-refractivity contribution is -0.142. The number of ether oxygens (including phenoxy) is 1. The van der Waals surface area contributed by atoms with Crippen molar-refractivity contribution in [3.05, 3.63) is 23.2 Å². The zero-order chi connectivity index (χ0) is 16.0. The first-order chi connectivity index (χ1) is 9.85. The Morgan fingerprint density at radius 3 is 2.57 bits per heavy atom. The summed E-state index contributed by atoms with van der Waals surface area (Å²) in [5.74, 6) is -1.20. The summed E-state index contributed by atoms with van der Waals surface area (Å²) >= 11 is 5.86. The third kappa shape index (κ3) is 5.15. The molecule has 6 nitrogen and oxygen atoms in total. The number of aliphatic carboxylic acids is 1. The second kappa shape index (κ2) is 7.73. The molecule has 0 aliphatic carbocycles. The highest BCUT2D eigenvalue weighted by Gasteiger charge is 2.22. The highest BCUT2D eigenvalue weighted by molar-refractivity contribution is 6.31. The van der Waals surface area contributed by atoms with Crippen LogP contribution in [0, 0.1) is 11.8 Å². The average Bonchev–Trinajstić information content (AvgIpc) is 2.38. The van der Waals surface area contributed by atoms with Gasteiger partial charge >= 0.3 is 12.0 Å². The molecule has 0 aliphatic rings. The van der Waals surface area contributed by atoms with E-state index in [4.69, 9.17) is 21.4 Å². The van der Waals surface area contributed by atoms with Crippen LogP contribution in [0.25, 0.3) is 0 Å². The molecule has 2 amide bonds. The molecule has 0 radical (unpaired) electrons. The third-order valence-corrected chi connectivity index (χ3v) is 3.25. The van der Waals surface area contributed by atoms with Crippen molar-refractivity contribution in [2.75, 3.05) is 19.0 Å². The van der Waals surface area contributed by atoms with Crippen molar-refractivity contribution in [3.8, 4) is 5.75 Å². The lowest BCUT2D eigenvalue weighted by atomic mass is 9.96. The number of amides is 2. The van der Waals surface area contributed by atoms with E-state index in [9.17, 15) is 9.59 Å². The van der Waals surface area contributed by atoms with Crippen LogP contribution < -0.4 is 15.4 Å². The first-order valence-electron chi connectivity index (χ1n) is 6.46. The Morgan fingerprint density at radius 1 is 1.38 bits per heavy atom. The molecule has 21 heavy (non-hydrogen) atoms. The van der Waals surface area contributed by atoms with Crippen molar-refractivity contribution >= 4 is 29.3 Å². The van der Waals surface area contributed by atoms with E-state index in [1.54, 1.807) is 32.0 Å². The minimum atomic E-state index is -0.939. The number of hydrogen-bond acceptors (Lipinski definition) is 3. The minimum Gasteiger partial charge on any atom is -0.495 e. The van der Waals surface area contributed by atoms with Crippen LogP contribution in [0.1, 0.15) is 13.8 Å². The molecule has 1 aromatic carbocycles. The average molecular weight is 315 g/mol. The molecule has 0 aromatic heterocycles. The zero-order valence-corrected chi connectivity index (χ0v) is 12.9. The van der Waals surface area contributed by atoms with Gasteiger partial charge in [0, 0.05) is 11.6 Å². The molecule has 0 aliphatic heterocycles. The number of benzene rings is 1. The summed E-state index contributed by atoms with van der Waals surface area (Å²) in [5.41, 5.74) is 0.416. The number of carboxylic acid groups (broad SMARTS) is 1. The summed E-state index contributed by atoms with van der Waals surface area (Å²) in [5, 5.41) is 14.6. The molecule has 1 unspecified atom stereocenters. The van der Waals surface area contributed by atoms with Crippen molar-refractivity contribution in [3.63, 3.8) is 0 Å². The number of carbonyl (C=O) groups excluding carboxylic acids is 1. The third-order valence-electron chi connectivity index (χ3n) is 3.01. The van der Waals surface area contributed by atoms with Crippen molar-refractivity contribution in [2.45, 2.75) is 13.8 Å². The Balaban J connectivity index is 2.66. The maximum atomic E-state index is 11.8. The van der Waals surface area contributed by atoms with Gasteiger partial charge in [-0.05, 0) is 24.1 Å². The van der Waals surface area contributed by atoms with Crippen LogP contribution in [0.4, 0.5) is 10.5 Å². The molecule has 0 spiro atoms. The van der Waals surface area contributed by atoms with Crippen molar-refractivity contribution < 1.29 is 19.4 Å². The predicted molar refractivity (Wildman–Crippen MR) is 81.0 cm³/mol. The molecular weight excluding hydrogens is 296 g/mol. The molecule has 0 saturated carbocycles. The number of urea groups is 1. The molecule has 0 fully saturated rings. The van der Waals surface area contributed by atoms with Crippen LogP contribution in [0.15, 0.2) is 18.2 Å². The molecular formula is C14H19ClN2O4. The van der Waals surface area contributed by atoms with Crippen LogP contribution in [-0.2, 0) is 4.79 Å². The molecule has 0 saturated heterocycles. The van der Waals surface area contributed by atoms with Gasteiger partial charge < -0.3 is 20.5 Å². The van der Waals surface area contributed by atoms with Crippen LogP contribution in [0.5, 0.6) is 5.75 Å². The van der Waals surface area contributed by atoms with Crippen LogP contribution >= 0.6 is 11.6 Å². The molecule has 1 rings (SSSR count). The number of anilines is 1. The van der Waals surface area contributed by atoms with Crippen molar-refractivity contribution in [2.24, 2.45) is 11.8 Å². The number of carboxylic acids is 1. The quantitative estimate of drug-likeness (QED) is 0.753. The predicted octanol–water partition coefficient (Wildman–Crippen LogP) is 2.83. The second-order valence-electron chi connectivity index (χ2n) is 4.87. The SMILES string of the molecule is COc1ccc(Cl)cc1NC(=O)NCC(C(=O)O)C(C)C. The Morgan fingerprint density at radius 2 is 2.05 bits per heavy atom. The van der Waals surface area contributed by atoms with E-state index < -0.39 is 17.9 Å². The topological polar surface area (TPSA) is 87.7 Å². The fourth-order valence-electron chi connectivity index (χ4n) is 1.76. The number of carbonyl (C=O) groups is 2. The molecule has 7 heteroatoms. The minimum absolute atomic E-state index is 0.0434. The van der Waals surface area contributed by atoms with Gasteiger partial charge in [0.25, 0.3) is 0 Å². The summed E-state index contributed by atoms with van der Waals surface area (Å²) in [6.07, 6.45) is 0. The van der Waals surface area contributed by atoms with Gasteiger partial charge in [0.05, 0.1) is 18.7 Å².